The highest BCUT2D eigenvalue weighted by atomic mass is 32.1. The lowest BCUT2D eigenvalue weighted by molar-refractivity contribution is 0.203. The Morgan fingerprint density at radius 2 is 2.11 bits per heavy atom. The fraction of sp³-hybridized carbons (Fsp3) is 0.462. The number of hydrogen-bond acceptors (Lipinski definition) is 5. The van der Waals surface area contributed by atoms with Crippen LogP contribution in [0.2, 0.25) is 0 Å². The summed E-state index contributed by atoms with van der Waals surface area (Å²) in [5.41, 5.74) is 7.35. The number of methoxy groups -OCH3 is 2. The van der Waals surface area contributed by atoms with Crippen LogP contribution in [0.1, 0.15) is 5.56 Å². The van der Waals surface area contributed by atoms with Crippen molar-refractivity contribution >= 4 is 22.9 Å². The maximum atomic E-state index is 9.18. The Morgan fingerprint density at radius 1 is 1.37 bits per heavy atom. The highest BCUT2D eigenvalue weighted by Crippen LogP contribution is 2.26. The molecular formula is C13H20N2O3S. The second kappa shape index (κ2) is 7.93. The van der Waals surface area contributed by atoms with Gasteiger partial charge in [0.2, 0.25) is 0 Å². The second-order valence-electron chi connectivity index (χ2n) is 3.95. The number of anilines is 1. The van der Waals surface area contributed by atoms with E-state index in [-0.39, 0.29) is 6.61 Å². The molecule has 5 nitrogen and oxygen atoms in total. The molecule has 106 valence electrons. The number of nitrogens with two attached hydrogens (primary N) is 1. The Bertz CT molecular complexity index is 426. The van der Waals surface area contributed by atoms with E-state index in [0.29, 0.717) is 24.7 Å². The van der Waals surface area contributed by atoms with Crippen molar-refractivity contribution in [3.63, 3.8) is 0 Å². The monoisotopic (exact) mass is 284 g/mol. The molecule has 0 unspecified atom stereocenters. The van der Waals surface area contributed by atoms with Gasteiger partial charge in [-0.15, -0.1) is 0 Å². The quantitative estimate of drug-likeness (QED) is 0.688. The number of aliphatic hydroxyl groups excluding tert-OH is 1. The molecule has 0 saturated carbocycles. The molecule has 0 amide bonds. The van der Waals surface area contributed by atoms with E-state index in [1.165, 1.54) is 0 Å². The maximum Gasteiger partial charge on any atom is 0.120 e. The molecule has 0 saturated heterocycles. The summed E-state index contributed by atoms with van der Waals surface area (Å²) in [4.78, 5) is 2.29. The summed E-state index contributed by atoms with van der Waals surface area (Å²) in [5.74, 6) is 0.718. The van der Waals surface area contributed by atoms with Crippen molar-refractivity contribution in [3.8, 4) is 5.75 Å². The van der Waals surface area contributed by atoms with Crippen molar-refractivity contribution in [2.45, 2.75) is 0 Å². The van der Waals surface area contributed by atoms with Crippen molar-refractivity contribution in [2.75, 3.05) is 45.4 Å². The first-order valence-electron chi connectivity index (χ1n) is 5.96. The first kappa shape index (κ1) is 15.7. The number of rotatable bonds is 8. The van der Waals surface area contributed by atoms with Crippen LogP contribution in [-0.2, 0) is 4.74 Å². The average Bonchev–Trinajstić information content (AvgIpc) is 2.42. The Kier molecular flexibility index (Phi) is 6.55. The second-order valence-corrected chi connectivity index (χ2v) is 4.39. The van der Waals surface area contributed by atoms with Crippen LogP contribution in [0.25, 0.3) is 0 Å². The average molecular weight is 284 g/mol. The van der Waals surface area contributed by atoms with E-state index in [2.05, 4.69) is 0 Å². The highest BCUT2D eigenvalue weighted by Gasteiger charge is 2.14. The third-order valence-corrected chi connectivity index (χ3v) is 2.97. The van der Waals surface area contributed by atoms with E-state index >= 15 is 0 Å². The normalized spacial score (nSPS) is 10.3. The molecule has 0 spiro atoms. The lowest BCUT2D eigenvalue weighted by atomic mass is 10.1. The van der Waals surface area contributed by atoms with Gasteiger partial charge in [0, 0.05) is 31.8 Å². The summed E-state index contributed by atoms with van der Waals surface area (Å²) >= 11 is 5.06. The maximum absolute atomic E-state index is 9.18. The summed E-state index contributed by atoms with van der Waals surface area (Å²) < 4.78 is 10.3. The minimum absolute atomic E-state index is 0.0394. The Labute approximate surface area is 118 Å². The topological polar surface area (TPSA) is 68.0 Å². The molecule has 1 aromatic rings. The molecule has 0 bridgehead atoms. The summed E-state index contributed by atoms with van der Waals surface area (Å²) in [5, 5.41) is 9.18. The molecule has 19 heavy (non-hydrogen) atoms. The van der Waals surface area contributed by atoms with Crippen molar-refractivity contribution in [3.05, 3.63) is 23.8 Å². The fourth-order valence-corrected chi connectivity index (χ4v) is 1.96. The van der Waals surface area contributed by atoms with E-state index in [1.54, 1.807) is 14.2 Å². The molecule has 6 heteroatoms. The van der Waals surface area contributed by atoms with Crippen molar-refractivity contribution in [1.29, 1.82) is 0 Å². The molecule has 0 aliphatic heterocycles. The number of aliphatic hydroxyl groups is 1. The zero-order chi connectivity index (χ0) is 14.3. The van der Waals surface area contributed by atoms with Gasteiger partial charge in [0.15, 0.2) is 0 Å². The Hall–Kier alpha value is -1.37. The molecule has 0 aliphatic carbocycles. The lowest BCUT2D eigenvalue weighted by Gasteiger charge is -2.26. The zero-order valence-corrected chi connectivity index (χ0v) is 12.1. The molecule has 0 aliphatic rings. The van der Waals surface area contributed by atoms with Crippen LogP contribution < -0.4 is 15.4 Å². The van der Waals surface area contributed by atoms with Crippen LogP contribution in [0.3, 0.4) is 0 Å². The highest BCUT2D eigenvalue weighted by molar-refractivity contribution is 7.80. The zero-order valence-electron chi connectivity index (χ0n) is 11.3. The van der Waals surface area contributed by atoms with Crippen molar-refractivity contribution in [2.24, 2.45) is 5.73 Å². The predicted octanol–water partition coefficient (Wildman–Crippen LogP) is 0.775. The largest absolute Gasteiger partial charge is 0.497 e. The van der Waals surface area contributed by atoms with Gasteiger partial charge in [-0.1, -0.05) is 12.2 Å². The smallest absolute Gasteiger partial charge is 0.120 e. The van der Waals surface area contributed by atoms with Crippen LogP contribution in [0.4, 0.5) is 5.69 Å². The first-order chi connectivity index (χ1) is 9.13. The number of nitrogens with zero attached hydrogens (tertiary/aromatic N) is 1. The Balaban J connectivity index is 3.12. The van der Waals surface area contributed by atoms with Crippen LogP contribution >= 0.6 is 12.2 Å². The summed E-state index contributed by atoms with van der Waals surface area (Å²) in [6, 6.07) is 5.50. The van der Waals surface area contributed by atoms with E-state index in [1.807, 2.05) is 23.1 Å². The van der Waals surface area contributed by atoms with Gasteiger partial charge in [0.1, 0.15) is 10.7 Å². The molecule has 0 aromatic heterocycles. The van der Waals surface area contributed by atoms with Gasteiger partial charge in [-0.05, 0) is 12.1 Å². The molecule has 0 atom stereocenters. The molecule has 1 aromatic carbocycles. The number of benzene rings is 1. The van der Waals surface area contributed by atoms with E-state index in [0.717, 1.165) is 17.0 Å². The van der Waals surface area contributed by atoms with E-state index in [4.69, 9.17) is 27.4 Å². The predicted molar refractivity (Wildman–Crippen MR) is 80.1 cm³/mol. The van der Waals surface area contributed by atoms with Crippen LogP contribution in [-0.4, -0.2) is 50.6 Å². The minimum Gasteiger partial charge on any atom is -0.497 e. The number of thiocarbonyl (C=S) groups is 1. The minimum atomic E-state index is 0.0394. The van der Waals surface area contributed by atoms with Gasteiger partial charge >= 0.3 is 0 Å². The van der Waals surface area contributed by atoms with Gasteiger partial charge in [-0.3, -0.25) is 0 Å². The van der Waals surface area contributed by atoms with Crippen LogP contribution in [0, 0.1) is 0 Å². The van der Waals surface area contributed by atoms with E-state index < -0.39 is 0 Å². The summed E-state index contributed by atoms with van der Waals surface area (Å²) in [6.07, 6.45) is 0. The van der Waals surface area contributed by atoms with Crippen LogP contribution in [0.5, 0.6) is 5.75 Å². The van der Waals surface area contributed by atoms with Gasteiger partial charge in [-0.25, -0.2) is 0 Å². The van der Waals surface area contributed by atoms with Gasteiger partial charge in [0.05, 0.1) is 26.0 Å². The fourth-order valence-electron chi connectivity index (χ4n) is 1.78. The van der Waals surface area contributed by atoms with Crippen molar-refractivity contribution < 1.29 is 14.6 Å². The first-order valence-corrected chi connectivity index (χ1v) is 6.37. The summed E-state index contributed by atoms with van der Waals surface area (Å²) in [6.45, 7) is 1.71. The van der Waals surface area contributed by atoms with E-state index in [9.17, 15) is 5.11 Å². The standard InChI is InChI=1S/C13H20N2O3S/c1-17-8-6-15(5-7-16)12-9-10(18-2)3-4-11(12)13(14)19/h3-4,9,16H,5-8H2,1-2H3,(H2,14,19). The molecule has 0 radical (unpaired) electrons. The van der Waals surface area contributed by atoms with Crippen LogP contribution in [0.15, 0.2) is 18.2 Å². The third-order valence-electron chi connectivity index (χ3n) is 2.75. The van der Waals surface area contributed by atoms with Gasteiger partial charge in [-0.2, -0.15) is 0 Å². The Morgan fingerprint density at radius 3 is 2.63 bits per heavy atom. The van der Waals surface area contributed by atoms with Gasteiger partial charge in [0.25, 0.3) is 0 Å². The number of ether oxygens (including phenoxy) is 2. The number of hydrogen-bond donors (Lipinski definition) is 2. The molecule has 0 fully saturated rings. The molecule has 0 heterocycles. The summed E-state index contributed by atoms with van der Waals surface area (Å²) in [7, 11) is 3.24. The van der Waals surface area contributed by atoms with Crippen molar-refractivity contribution in [1.82, 2.24) is 0 Å². The molecule has 3 N–H and O–H groups in total. The molecular weight excluding hydrogens is 264 g/mol. The third kappa shape index (κ3) is 4.34. The SMILES string of the molecule is COCCN(CCO)c1cc(OC)ccc1C(N)=S. The molecule has 1 rings (SSSR count). The lowest BCUT2D eigenvalue weighted by Crippen LogP contribution is -2.32. The van der Waals surface area contributed by atoms with Gasteiger partial charge < -0.3 is 25.2 Å².